The minimum Gasteiger partial charge on any atom is -0.479 e. The first-order valence-corrected chi connectivity index (χ1v) is 19.9. The molecular weight excluding hydrogens is 826 g/mol. The highest BCUT2D eigenvalue weighted by atomic mass is 127. The van der Waals surface area contributed by atoms with Crippen molar-refractivity contribution >= 4 is 47.1 Å². The molecule has 0 bridgehead atoms. The van der Waals surface area contributed by atoms with E-state index in [2.05, 4.69) is 22.6 Å². The van der Waals surface area contributed by atoms with Crippen molar-refractivity contribution in [2.75, 3.05) is 13.2 Å². The van der Waals surface area contributed by atoms with E-state index in [4.69, 9.17) is 28.3 Å². The first-order chi connectivity index (χ1) is 26.4. The summed E-state index contributed by atoms with van der Waals surface area (Å²) in [6, 6.07) is 30.5. The molecule has 302 valence electrons. The standard InChI is InChI=1S/C19H22O4.C14H21BO3.C11H13IO3/c1-4-22-19(21)14(3)23-18-10-8-15(9-11-18)17-7-5-6-16(12-17)13(2)20;1-10(16)11-7-6-8-12(9-11)15-17-13(2,3)14(4,5)18-15;1-3-14-11(13)8(2)15-10-6-4-9(12)5-7-10/h5-14,20H,4H2,1-3H3;6-10,16H,1-5H3;4-8H,3H2,1-2H3/t13-,14-;10-;8-/m111/s1. The van der Waals surface area contributed by atoms with E-state index in [-0.39, 0.29) is 30.3 Å². The zero-order chi connectivity index (χ0) is 41.6. The van der Waals surface area contributed by atoms with Gasteiger partial charge in [0.2, 0.25) is 0 Å². The second kappa shape index (κ2) is 21.5. The largest absolute Gasteiger partial charge is 0.494 e. The lowest BCUT2D eigenvalue weighted by molar-refractivity contribution is -0.151. The van der Waals surface area contributed by atoms with Crippen LogP contribution >= 0.6 is 22.6 Å². The van der Waals surface area contributed by atoms with Gasteiger partial charge in [-0.15, -0.1) is 0 Å². The maximum atomic E-state index is 11.6. The van der Waals surface area contributed by atoms with E-state index in [0.717, 1.165) is 31.3 Å². The molecule has 1 fully saturated rings. The Balaban J connectivity index is 0.000000231. The van der Waals surface area contributed by atoms with Crippen LogP contribution in [0.4, 0.5) is 0 Å². The van der Waals surface area contributed by atoms with Crippen LogP contribution < -0.4 is 14.9 Å². The predicted octanol–water partition coefficient (Wildman–Crippen LogP) is 8.40. The van der Waals surface area contributed by atoms with E-state index < -0.39 is 24.4 Å². The Kier molecular flexibility index (Phi) is 17.9. The number of aliphatic hydroxyl groups excluding tert-OH is 2. The zero-order valence-electron chi connectivity index (χ0n) is 34.1. The second-order valence-electron chi connectivity index (χ2n) is 14.2. The van der Waals surface area contributed by atoms with Gasteiger partial charge in [-0.3, -0.25) is 0 Å². The Morgan fingerprint density at radius 3 is 1.52 bits per heavy atom. The molecule has 4 aromatic carbocycles. The van der Waals surface area contributed by atoms with Gasteiger partial charge in [0, 0.05) is 3.57 Å². The van der Waals surface area contributed by atoms with Crippen LogP contribution in [0.15, 0.2) is 97.1 Å². The first kappa shape index (κ1) is 46.4. The number of hydrogen-bond donors (Lipinski definition) is 2. The summed E-state index contributed by atoms with van der Waals surface area (Å²) in [5.74, 6) is 0.578. The van der Waals surface area contributed by atoms with Crippen molar-refractivity contribution in [3.05, 3.63) is 112 Å². The van der Waals surface area contributed by atoms with Crippen molar-refractivity contribution in [2.24, 2.45) is 0 Å². The summed E-state index contributed by atoms with van der Waals surface area (Å²) in [5.41, 5.74) is 4.07. The average molecular weight is 883 g/mol. The number of carbonyl (C=O) groups is 2. The summed E-state index contributed by atoms with van der Waals surface area (Å²) in [6.07, 6.45) is -2.18. The van der Waals surface area contributed by atoms with Gasteiger partial charge in [0.05, 0.1) is 36.6 Å². The van der Waals surface area contributed by atoms with Crippen LogP contribution in [-0.4, -0.2) is 65.9 Å². The maximum Gasteiger partial charge on any atom is 0.494 e. The fraction of sp³-hybridized carbons (Fsp3) is 0.409. The van der Waals surface area contributed by atoms with E-state index >= 15 is 0 Å². The Morgan fingerprint density at radius 1 is 0.643 bits per heavy atom. The van der Waals surface area contributed by atoms with Crippen LogP contribution in [0, 0.1) is 3.57 Å². The maximum absolute atomic E-state index is 11.6. The Labute approximate surface area is 346 Å². The van der Waals surface area contributed by atoms with Crippen molar-refractivity contribution in [3.8, 4) is 22.6 Å². The Morgan fingerprint density at radius 2 is 1.07 bits per heavy atom. The Bertz CT molecular complexity index is 1810. The number of esters is 2. The van der Waals surface area contributed by atoms with Crippen molar-refractivity contribution in [1.82, 2.24) is 0 Å². The van der Waals surface area contributed by atoms with Gasteiger partial charge >= 0.3 is 19.1 Å². The van der Waals surface area contributed by atoms with Crippen LogP contribution in [-0.2, 0) is 28.4 Å². The van der Waals surface area contributed by atoms with Gasteiger partial charge in [0.1, 0.15) is 11.5 Å². The van der Waals surface area contributed by atoms with E-state index in [0.29, 0.717) is 24.7 Å². The Hall–Kier alpha value is -3.95. The van der Waals surface area contributed by atoms with Crippen LogP contribution in [0.2, 0.25) is 0 Å². The molecule has 4 aromatic rings. The molecule has 12 heteroatoms. The highest BCUT2D eigenvalue weighted by molar-refractivity contribution is 14.1. The van der Waals surface area contributed by atoms with Crippen LogP contribution in [0.3, 0.4) is 0 Å². The van der Waals surface area contributed by atoms with Crippen LogP contribution in [0.1, 0.15) is 92.6 Å². The summed E-state index contributed by atoms with van der Waals surface area (Å²) < 4.78 is 33.8. The summed E-state index contributed by atoms with van der Waals surface area (Å²) in [5, 5.41) is 19.3. The summed E-state index contributed by atoms with van der Waals surface area (Å²) in [6.45, 7) is 19.2. The molecule has 0 amide bonds. The van der Waals surface area contributed by atoms with E-state index in [9.17, 15) is 19.8 Å². The molecule has 0 saturated carbocycles. The highest BCUT2D eigenvalue weighted by Crippen LogP contribution is 2.36. The van der Waals surface area contributed by atoms with E-state index in [1.165, 1.54) is 0 Å². The van der Waals surface area contributed by atoms with E-state index in [1.54, 1.807) is 41.5 Å². The van der Waals surface area contributed by atoms with Crippen molar-refractivity contribution in [2.45, 2.75) is 105 Å². The molecule has 2 N–H and O–H groups in total. The van der Waals surface area contributed by atoms with Crippen molar-refractivity contribution in [1.29, 1.82) is 0 Å². The van der Waals surface area contributed by atoms with Gasteiger partial charge in [0.15, 0.2) is 12.2 Å². The third kappa shape index (κ3) is 13.9. The highest BCUT2D eigenvalue weighted by Gasteiger charge is 2.51. The second-order valence-corrected chi connectivity index (χ2v) is 15.5. The predicted molar refractivity (Wildman–Crippen MR) is 228 cm³/mol. The van der Waals surface area contributed by atoms with E-state index in [1.807, 2.05) is 125 Å². The summed E-state index contributed by atoms with van der Waals surface area (Å²) in [7, 11) is -0.367. The van der Waals surface area contributed by atoms with Crippen LogP contribution in [0.5, 0.6) is 11.5 Å². The number of carbonyl (C=O) groups excluding carboxylic acids is 2. The number of aliphatic hydroxyl groups is 2. The fourth-order valence-electron chi connectivity index (χ4n) is 5.19. The number of halogens is 1. The molecule has 1 heterocycles. The normalized spacial score (nSPS) is 16.1. The molecule has 5 rings (SSSR count). The molecule has 0 spiro atoms. The average Bonchev–Trinajstić information content (AvgIpc) is 3.39. The lowest BCUT2D eigenvalue weighted by Gasteiger charge is -2.32. The minimum atomic E-state index is -0.639. The van der Waals surface area contributed by atoms with Gasteiger partial charge in [-0.05, 0) is 162 Å². The third-order valence-corrected chi connectivity index (χ3v) is 9.87. The van der Waals surface area contributed by atoms with Gasteiger partial charge in [-0.1, -0.05) is 54.6 Å². The van der Waals surface area contributed by atoms with Crippen LogP contribution in [0.25, 0.3) is 11.1 Å². The number of rotatable bonds is 12. The van der Waals surface area contributed by atoms with Gasteiger partial charge < -0.3 is 38.5 Å². The molecule has 0 unspecified atom stereocenters. The molecule has 1 saturated heterocycles. The zero-order valence-corrected chi connectivity index (χ0v) is 36.2. The summed E-state index contributed by atoms with van der Waals surface area (Å²) >= 11 is 2.21. The van der Waals surface area contributed by atoms with Crippen molar-refractivity contribution < 1.29 is 48.1 Å². The molecule has 0 aliphatic carbocycles. The van der Waals surface area contributed by atoms with Gasteiger partial charge in [-0.2, -0.15) is 0 Å². The molecule has 1 aliphatic rings. The quantitative estimate of drug-likeness (QED) is 0.0814. The molecule has 0 aromatic heterocycles. The fourth-order valence-corrected chi connectivity index (χ4v) is 5.55. The molecule has 56 heavy (non-hydrogen) atoms. The molecule has 4 atom stereocenters. The lowest BCUT2D eigenvalue weighted by atomic mass is 9.78. The number of hydrogen-bond acceptors (Lipinski definition) is 10. The van der Waals surface area contributed by atoms with Gasteiger partial charge in [-0.25, -0.2) is 9.59 Å². The number of benzene rings is 4. The molecule has 1 aliphatic heterocycles. The SMILES string of the molecule is CCOC(=O)[C@@H](C)Oc1ccc(-c2cccc([C@@H](C)O)c2)cc1.CCOC(=O)[C@@H](C)Oc1ccc(I)cc1.C[C@@H](O)c1cccc(B2OC(C)(C)C(C)(C)O2)c1. The summed E-state index contributed by atoms with van der Waals surface area (Å²) in [4.78, 5) is 22.8. The van der Waals surface area contributed by atoms with Gasteiger partial charge in [0.25, 0.3) is 0 Å². The molecule has 0 radical (unpaired) electrons. The lowest BCUT2D eigenvalue weighted by Crippen LogP contribution is -2.41. The third-order valence-electron chi connectivity index (χ3n) is 9.15. The van der Waals surface area contributed by atoms with Crippen molar-refractivity contribution in [3.63, 3.8) is 0 Å². The number of ether oxygens (including phenoxy) is 4. The minimum absolute atomic E-state index is 0.335. The molecule has 10 nitrogen and oxygen atoms in total. The first-order valence-electron chi connectivity index (χ1n) is 18.8. The monoisotopic (exact) mass is 882 g/mol. The molecular formula is C44H56BIO10. The topological polar surface area (TPSA) is 130 Å². The smallest absolute Gasteiger partial charge is 0.479 e.